The van der Waals surface area contributed by atoms with Gasteiger partial charge in [0.2, 0.25) is 15.0 Å². The predicted octanol–water partition coefficient (Wildman–Crippen LogP) is 4.88. The summed E-state index contributed by atoms with van der Waals surface area (Å²) in [5, 5.41) is 2.62. The second-order valence-electron chi connectivity index (χ2n) is 7.67. The number of para-hydroxylation sites is 1. The summed E-state index contributed by atoms with van der Waals surface area (Å²) in [5.41, 5.74) is 0.541. The summed E-state index contributed by atoms with van der Waals surface area (Å²) in [5.74, 6) is 1.14. The normalized spacial score (nSPS) is 11.4. The average molecular weight is 515 g/mol. The van der Waals surface area contributed by atoms with Gasteiger partial charge in [0.05, 0.1) is 47.7 Å². The van der Waals surface area contributed by atoms with E-state index in [-0.39, 0.29) is 24.5 Å². The maximum Gasteiger partial charge on any atom is 0.276 e. The van der Waals surface area contributed by atoms with Crippen molar-refractivity contribution < 1.29 is 22.0 Å². The number of aromatic nitrogens is 2. The number of sulfone groups is 1. The number of furan rings is 2. The second-order valence-corrected chi connectivity index (χ2v) is 10.3. The van der Waals surface area contributed by atoms with Crippen LogP contribution >= 0.6 is 11.6 Å². The molecule has 0 aliphatic rings. The summed E-state index contributed by atoms with van der Waals surface area (Å²) >= 11 is 6.21. The van der Waals surface area contributed by atoms with Gasteiger partial charge in [-0.25, -0.2) is 18.4 Å². The fourth-order valence-corrected chi connectivity index (χ4v) is 4.24. The number of nitrogens with zero attached hydrogens (tertiary/aromatic N) is 3. The first-order valence-corrected chi connectivity index (χ1v) is 12.8. The first-order valence-electron chi connectivity index (χ1n) is 10.7. The van der Waals surface area contributed by atoms with Gasteiger partial charge in [0.25, 0.3) is 5.91 Å². The molecule has 0 aliphatic heterocycles. The second kappa shape index (κ2) is 10.3. The van der Waals surface area contributed by atoms with Crippen LogP contribution in [0, 0.1) is 6.92 Å². The Balaban J connectivity index is 1.80. The van der Waals surface area contributed by atoms with Crippen LogP contribution in [0.5, 0.6) is 0 Å². The van der Waals surface area contributed by atoms with E-state index in [2.05, 4.69) is 15.3 Å². The van der Waals surface area contributed by atoms with Crippen molar-refractivity contribution in [2.24, 2.45) is 0 Å². The zero-order chi connectivity index (χ0) is 25.0. The molecule has 9 nitrogen and oxygen atoms in total. The molecule has 0 spiro atoms. The number of hydrogen-bond donors (Lipinski definition) is 1. The molecule has 35 heavy (non-hydrogen) atoms. The van der Waals surface area contributed by atoms with E-state index in [1.165, 1.54) is 13.1 Å². The number of rotatable bonds is 9. The number of amides is 1. The van der Waals surface area contributed by atoms with Crippen molar-refractivity contribution in [3.63, 3.8) is 0 Å². The SMILES string of the molecule is CCS(=O)(=O)c1ncc(N(Cc2ccco2)Cc2ccc(C)o2)c(C(=O)Nc2ccccc2Cl)n1. The molecule has 1 amide bonds. The summed E-state index contributed by atoms with van der Waals surface area (Å²) < 4.78 is 36.2. The van der Waals surface area contributed by atoms with Gasteiger partial charge in [-0.1, -0.05) is 30.7 Å². The van der Waals surface area contributed by atoms with Crippen LogP contribution in [0.25, 0.3) is 0 Å². The molecule has 0 atom stereocenters. The van der Waals surface area contributed by atoms with Gasteiger partial charge in [-0.2, -0.15) is 0 Å². The van der Waals surface area contributed by atoms with Gasteiger partial charge in [-0.15, -0.1) is 0 Å². The highest BCUT2D eigenvalue weighted by atomic mass is 35.5. The highest BCUT2D eigenvalue weighted by molar-refractivity contribution is 7.91. The third-order valence-electron chi connectivity index (χ3n) is 5.15. The Morgan fingerprint density at radius 2 is 1.86 bits per heavy atom. The molecule has 0 aliphatic carbocycles. The highest BCUT2D eigenvalue weighted by Crippen LogP contribution is 2.27. The lowest BCUT2D eigenvalue weighted by Crippen LogP contribution is -2.27. The van der Waals surface area contributed by atoms with Gasteiger partial charge in [-0.3, -0.25) is 4.79 Å². The van der Waals surface area contributed by atoms with Crippen LogP contribution in [0.15, 0.2) is 75.0 Å². The molecule has 4 aromatic rings. The van der Waals surface area contributed by atoms with Crippen molar-refractivity contribution in [3.8, 4) is 0 Å². The van der Waals surface area contributed by atoms with Crippen molar-refractivity contribution in [1.29, 1.82) is 0 Å². The van der Waals surface area contributed by atoms with Crippen molar-refractivity contribution in [2.75, 3.05) is 16.0 Å². The van der Waals surface area contributed by atoms with Crippen LogP contribution in [-0.2, 0) is 22.9 Å². The Hall–Kier alpha value is -3.63. The summed E-state index contributed by atoms with van der Waals surface area (Å²) in [6, 6.07) is 13.9. The average Bonchev–Trinajstić information content (AvgIpc) is 3.51. The van der Waals surface area contributed by atoms with Crippen molar-refractivity contribution in [1.82, 2.24) is 9.97 Å². The van der Waals surface area contributed by atoms with E-state index < -0.39 is 20.9 Å². The smallest absolute Gasteiger partial charge is 0.276 e. The molecule has 1 N–H and O–H groups in total. The molecule has 182 valence electrons. The van der Waals surface area contributed by atoms with Crippen LogP contribution in [0.3, 0.4) is 0 Å². The Morgan fingerprint density at radius 1 is 1.09 bits per heavy atom. The quantitative estimate of drug-likeness (QED) is 0.314. The van der Waals surface area contributed by atoms with Gasteiger partial charge in [-0.05, 0) is 43.3 Å². The highest BCUT2D eigenvalue weighted by Gasteiger charge is 2.26. The minimum atomic E-state index is -3.77. The Morgan fingerprint density at radius 3 is 2.51 bits per heavy atom. The van der Waals surface area contributed by atoms with Crippen molar-refractivity contribution in [3.05, 3.63) is 89.0 Å². The Kier molecular flexibility index (Phi) is 7.23. The van der Waals surface area contributed by atoms with Gasteiger partial charge in [0.1, 0.15) is 17.3 Å². The molecule has 3 heterocycles. The van der Waals surface area contributed by atoms with Crippen molar-refractivity contribution in [2.45, 2.75) is 32.1 Å². The van der Waals surface area contributed by atoms with Crippen LogP contribution in [-0.4, -0.2) is 30.0 Å². The molecule has 0 radical (unpaired) electrons. The maximum atomic E-state index is 13.4. The predicted molar refractivity (Wildman–Crippen MR) is 131 cm³/mol. The molecular formula is C24H23ClN4O5S. The van der Waals surface area contributed by atoms with E-state index >= 15 is 0 Å². The largest absolute Gasteiger partial charge is 0.467 e. The lowest BCUT2D eigenvalue weighted by molar-refractivity contribution is 0.102. The van der Waals surface area contributed by atoms with Crippen LogP contribution in [0.4, 0.5) is 11.4 Å². The fourth-order valence-electron chi connectivity index (χ4n) is 3.36. The molecule has 4 rings (SSSR count). The molecule has 0 saturated carbocycles. The van der Waals surface area contributed by atoms with Crippen LogP contribution < -0.4 is 10.2 Å². The van der Waals surface area contributed by atoms with E-state index in [0.29, 0.717) is 27.9 Å². The lowest BCUT2D eigenvalue weighted by Gasteiger charge is -2.24. The zero-order valence-electron chi connectivity index (χ0n) is 19.1. The number of nitrogens with one attached hydrogen (secondary N) is 1. The molecule has 11 heteroatoms. The van der Waals surface area contributed by atoms with E-state index in [1.807, 2.05) is 19.1 Å². The zero-order valence-corrected chi connectivity index (χ0v) is 20.6. The summed E-state index contributed by atoms with van der Waals surface area (Å²) in [4.78, 5) is 23.4. The number of benzene rings is 1. The lowest BCUT2D eigenvalue weighted by atomic mass is 10.2. The number of carbonyl (C=O) groups is 1. The summed E-state index contributed by atoms with van der Waals surface area (Å²) in [7, 11) is -3.77. The monoisotopic (exact) mass is 514 g/mol. The first kappa shape index (κ1) is 24.5. The van der Waals surface area contributed by atoms with Crippen LogP contribution in [0.2, 0.25) is 5.02 Å². The number of anilines is 2. The van der Waals surface area contributed by atoms with Gasteiger partial charge in [0, 0.05) is 0 Å². The summed E-state index contributed by atoms with van der Waals surface area (Å²) in [6.07, 6.45) is 2.87. The van der Waals surface area contributed by atoms with E-state index in [1.54, 1.807) is 47.6 Å². The third kappa shape index (κ3) is 5.72. The number of halogens is 1. The van der Waals surface area contributed by atoms with E-state index in [0.717, 1.165) is 5.76 Å². The van der Waals surface area contributed by atoms with E-state index in [4.69, 9.17) is 20.4 Å². The number of carbonyl (C=O) groups excluding carboxylic acids is 1. The first-order chi connectivity index (χ1) is 16.8. The molecule has 1 aromatic carbocycles. The van der Waals surface area contributed by atoms with Gasteiger partial charge >= 0.3 is 0 Å². The minimum Gasteiger partial charge on any atom is -0.467 e. The molecule has 3 aromatic heterocycles. The Labute approximate surface area is 207 Å². The summed E-state index contributed by atoms with van der Waals surface area (Å²) in [6.45, 7) is 3.82. The maximum absolute atomic E-state index is 13.4. The van der Waals surface area contributed by atoms with Gasteiger partial charge < -0.3 is 19.1 Å². The molecule has 0 fully saturated rings. The van der Waals surface area contributed by atoms with Crippen LogP contribution in [0.1, 0.15) is 34.7 Å². The molecule has 0 bridgehead atoms. The van der Waals surface area contributed by atoms with E-state index in [9.17, 15) is 13.2 Å². The topological polar surface area (TPSA) is 119 Å². The number of hydrogen-bond acceptors (Lipinski definition) is 8. The number of aryl methyl sites for hydroxylation is 1. The minimum absolute atomic E-state index is 0.123. The Bertz CT molecular complexity index is 1430. The standard InChI is InChI=1S/C24H23ClN4O5S/c1-3-35(31,32)24-26-13-21(22(28-24)23(30)27-20-9-5-4-8-19(20)25)29(14-17-7-6-12-33-17)15-18-11-10-16(2)34-18/h4-13H,3,14-15H2,1-2H3,(H,27,30). The molecular weight excluding hydrogens is 492 g/mol. The fraction of sp³-hybridized carbons (Fsp3) is 0.208. The van der Waals surface area contributed by atoms with Crippen molar-refractivity contribution >= 4 is 38.7 Å². The third-order valence-corrected chi connectivity index (χ3v) is 7.00. The van der Waals surface area contributed by atoms with Gasteiger partial charge in [0.15, 0.2) is 5.69 Å². The molecule has 0 saturated heterocycles. The molecule has 0 unspecified atom stereocenters.